The molecule has 0 heterocycles. The standard InChI is InChI=1S/C22H22F4O2/c1-12(2)6-9-28-16-11-14-5-4-13-10-15(7-8-27-3)19(23)21(25)17(13)18(14)22(26)20(16)24/h4-5,10-12H,6-9H2,1-3H3. The number of hydrogen-bond donors (Lipinski definition) is 0. The highest BCUT2D eigenvalue weighted by Crippen LogP contribution is 2.36. The van der Waals surface area contributed by atoms with Crippen LogP contribution < -0.4 is 4.74 Å². The van der Waals surface area contributed by atoms with Crippen LogP contribution in [0.3, 0.4) is 0 Å². The molecule has 0 radical (unpaired) electrons. The van der Waals surface area contributed by atoms with Gasteiger partial charge in [0.05, 0.1) is 13.2 Å². The predicted molar refractivity (Wildman–Crippen MR) is 102 cm³/mol. The maximum Gasteiger partial charge on any atom is 0.201 e. The lowest BCUT2D eigenvalue weighted by atomic mass is 9.97. The average molecular weight is 394 g/mol. The van der Waals surface area contributed by atoms with Crippen molar-refractivity contribution in [2.75, 3.05) is 20.3 Å². The van der Waals surface area contributed by atoms with Crippen LogP contribution in [0.2, 0.25) is 0 Å². The lowest BCUT2D eigenvalue weighted by molar-refractivity contribution is 0.201. The summed E-state index contributed by atoms with van der Waals surface area (Å²) in [5.74, 6) is -4.60. The summed E-state index contributed by atoms with van der Waals surface area (Å²) in [6.07, 6.45) is 0.855. The van der Waals surface area contributed by atoms with E-state index in [1.54, 1.807) is 12.1 Å². The molecule has 0 fully saturated rings. The first kappa shape index (κ1) is 20.4. The molecular formula is C22H22F4O2. The van der Waals surface area contributed by atoms with Crippen molar-refractivity contribution in [1.82, 2.24) is 0 Å². The Labute approximate surface area is 161 Å². The van der Waals surface area contributed by atoms with Gasteiger partial charge in [-0.25, -0.2) is 13.2 Å². The highest BCUT2D eigenvalue weighted by molar-refractivity contribution is 6.08. The number of fused-ring (bicyclic) bond motifs is 3. The second kappa shape index (κ2) is 8.35. The van der Waals surface area contributed by atoms with Crippen LogP contribution >= 0.6 is 0 Å². The third-order valence-electron chi connectivity index (χ3n) is 4.74. The molecule has 0 spiro atoms. The van der Waals surface area contributed by atoms with Crippen LogP contribution in [-0.2, 0) is 11.2 Å². The Morgan fingerprint density at radius 1 is 0.821 bits per heavy atom. The van der Waals surface area contributed by atoms with Gasteiger partial charge < -0.3 is 9.47 Å². The molecule has 2 nitrogen and oxygen atoms in total. The van der Waals surface area contributed by atoms with E-state index in [0.29, 0.717) is 17.7 Å². The van der Waals surface area contributed by atoms with Crippen LogP contribution in [-0.4, -0.2) is 20.3 Å². The zero-order valence-corrected chi connectivity index (χ0v) is 16.0. The zero-order chi connectivity index (χ0) is 20.4. The number of benzene rings is 3. The van der Waals surface area contributed by atoms with Crippen molar-refractivity contribution in [3.05, 3.63) is 53.1 Å². The first-order chi connectivity index (χ1) is 13.3. The van der Waals surface area contributed by atoms with Gasteiger partial charge in [-0.15, -0.1) is 0 Å². The SMILES string of the molecule is COCCc1cc2ccc3cc(OCCC(C)C)c(F)c(F)c3c2c(F)c1F. The van der Waals surface area contributed by atoms with Gasteiger partial charge in [-0.1, -0.05) is 26.0 Å². The topological polar surface area (TPSA) is 18.5 Å². The van der Waals surface area contributed by atoms with E-state index in [1.165, 1.54) is 19.2 Å². The van der Waals surface area contributed by atoms with Crippen molar-refractivity contribution in [1.29, 1.82) is 0 Å². The van der Waals surface area contributed by atoms with Gasteiger partial charge in [0.15, 0.2) is 23.2 Å². The van der Waals surface area contributed by atoms with E-state index >= 15 is 0 Å². The van der Waals surface area contributed by atoms with Crippen molar-refractivity contribution < 1.29 is 27.0 Å². The van der Waals surface area contributed by atoms with Crippen molar-refractivity contribution in [3.8, 4) is 5.75 Å². The van der Waals surface area contributed by atoms with Crippen LogP contribution in [0.15, 0.2) is 24.3 Å². The molecule has 150 valence electrons. The van der Waals surface area contributed by atoms with Gasteiger partial charge >= 0.3 is 0 Å². The summed E-state index contributed by atoms with van der Waals surface area (Å²) in [5.41, 5.74) is 0.126. The monoisotopic (exact) mass is 394 g/mol. The van der Waals surface area contributed by atoms with E-state index < -0.39 is 23.3 Å². The fourth-order valence-electron chi connectivity index (χ4n) is 3.18. The molecule has 0 saturated carbocycles. The maximum absolute atomic E-state index is 14.8. The first-order valence-electron chi connectivity index (χ1n) is 9.18. The van der Waals surface area contributed by atoms with E-state index in [1.807, 2.05) is 13.8 Å². The van der Waals surface area contributed by atoms with Crippen LogP contribution in [0, 0.1) is 29.2 Å². The van der Waals surface area contributed by atoms with Gasteiger partial charge in [0, 0.05) is 17.9 Å². The molecule has 0 atom stereocenters. The van der Waals surface area contributed by atoms with Crippen molar-refractivity contribution in [2.45, 2.75) is 26.7 Å². The fourth-order valence-corrected chi connectivity index (χ4v) is 3.18. The molecular weight excluding hydrogens is 372 g/mol. The molecule has 0 saturated heterocycles. The van der Waals surface area contributed by atoms with E-state index in [9.17, 15) is 17.6 Å². The molecule has 6 heteroatoms. The van der Waals surface area contributed by atoms with Crippen LogP contribution in [0.5, 0.6) is 5.75 Å². The molecule has 0 aliphatic rings. The van der Waals surface area contributed by atoms with Gasteiger partial charge in [0.1, 0.15) is 0 Å². The molecule has 0 N–H and O–H groups in total. The number of ether oxygens (including phenoxy) is 2. The van der Waals surface area contributed by atoms with Gasteiger partial charge in [0.2, 0.25) is 5.82 Å². The Hall–Kier alpha value is -2.34. The number of halogens is 4. The molecule has 0 amide bonds. The minimum atomic E-state index is -1.24. The van der Waals surface area contributed by atoms with Crippen LogP contribution in [0.25, 0.3) is 21.5 Å². The molecule has 0 aliphatic heterocycles. The highest BCUT2D eigenvalue weighted by atomic mass is 19.2. The molecule has 0 aromatic heterocycles. The summed E-state index contributed by atoms with van der Waals surface area (Å²) in [5, 5.41) is -0.0274. The Morgan fingerprint density at radius 3 is 2.04 bits per heavy atom. The van der Waals surface area contributed by atoms with Crippen LogP contribution in [0.4, 0.5) is 17.6 Å². The lowest BCUT2D eigenvalue weighted by Gasteiger charge is -2.14. The normalized spacial score (nSPS) is 11.7. The van der Waals surface area contributed by atoms with E-state index in [4.69, 9.17) is 9.47 Å². The van der Waals surface area contributed by atoms with E-state index in [2.05, 4.69) is 0 Å². The minimum Gasteiger partial charge on any atom is -0.490 e. The highest BCUT2D eigenvalue weighted by Gasteiger charge is 2.21. The molecule has 3 aromatic carbocycles. The maximum atomic E-state index is 14.8. The second-order valence-electron chi connectivity index (χ2n) is 7.20. The van der Waals surface area contributed by atoms with Gasteiger partial charge in [-0.05, 0) is 47.2 Å². The number of rotatable bonds is 7. The Balaban J connectivity index is 2.16. The smallest absolute Gasteiger partial charge is 0.201 e. The van der Waals surface area contributed by atoms with Crippen molar-refractivity contribution in [3.63, 3.8) is 0 Å². The quantitative estimate of drug-likeness (QED) is 0.353. The summed E-state index contributed by atoms with van der Waals surface area (Å²) in [6, 6.07) is 5.87. The predicted octanol–water partition coefficient (Wildman–Crippen LogP) is 6.16. The van der Waals surface area contributed by atoms with Crippen molar-refractivity contribution in [2.24, 2.45) is 5.92 Å². The summed E-state index contributed by atoms with van der Waals surface area (Å²) in [7, 11) is 1.46. The molecule has 0 aliphatic carbocycles. The Morgan fingerprint density at radius 2 is 1.43 bits per heavy atom. The summed E-state index contributed by atoms with van der Waals surface area (Å²) < 4.78 is 68.9. The molecule has 3 aromatic rings. The van der Waals surface area contributed by atoms with Gasteiger partial charge in [0.25, 0.3) is 0 Å². The largest absolute Gasteiger partial charge is 0.490 e. The zero-order valence-electron chi connectivity index (χ0n) is 16.0. The summed E-state index contributed by atoms with van der Waals surface area (Å²) >= 11 is 0. The second-order valence-corrected chi connectivity index (χ2v) is 7.20. The number of hydrogen-bond acceptors (Lipinski definition) is 2. The van der Waals surface area contributed by atoms with Crippen molar-refractivity contribution >= 4 is 21.5 Å². The van der Waals surface area contributed by atoms with Crippen LogP contribution in [0.1, 0.15) is 25.8 Å². The van der Waals surface area contributed by atoms with E-state index in [0.717, 1.165) is 0 Å². The summed E-state index contributed by atoms with van der Waals surface area (Å²) in [4.78, 5) is 0. The Bertz CT molecular complexity index is 1010. The molecule has 28 heavy (non-hydrogen) atoms. The van der Waals surface area contributed by atoms with Gasteiger partial charge in [-0.2, -0.15) is 4.39 Å². The fraction of sp³-hybridized carbons (Fsp3) is 0.364. The summed E-state index contributed by atoms with van der Waals surface area (Å²) in [6.45, 7) is 4.44. The molecule has 0 unspecified atom stereocenters. The molecule has 0 bridgehead atoms. The van der Waals surface area contributed by atoms with E-state index in [-0.39, 0.29) is 47.1 Å². The minimum absolute atomic E-state index is 0.126. The number of methoxy groups -OCH3 is 1. The third-order valence-corrected chi connectivity index (χ3v) is 4.74. The Kier molecular flexibility index (Phi) is 6.08. The lowest BCUT2D eigenvalue weighted by Crippen LogP contribution is -2.05. The average Bonchev–Trinajstić information content (AvgIpc) is 2.66. The van der Waals surface area contributed by atoms with Gasteiger partial charge in [-0.3, -0.25) is 0 Å². The third kappa shape index (κ3) is 3.78. The molecule has 3 rings (SSSR count). The first-order valence-corrected chi connectivity index (χ1v) is 9.18.